The van der Waals surface area contributed by atoms with Gasteiger partial charge in [0.2, 0.25) is 0 Å². The van der Waals surface area contributed by atoms with Gasteiger partial charge < -0.3 is 18.9 Å². The molecule has 0 amide bonds. The van der Waals surface area contributed by atoms with Gasteiger partial charge >= 0.3 is 0 Å². The Hall–Kier alpha value is -1.30. The highest BCUT2D eigenvalue weighted by Gasteiger charge is 2.14. The lowest BCUT2D eigenvalue weighted by Gasteiger charge is -2.13. The summed E-state index contributed by atoms with van der Waals surface area (Å²) < 4.78 is 20.1. The minimum Gasteiger partial charge on any atom is -0.467 e. The van der Waals surface area contributed by atoms with Gasteiger partial charge in [-0.25, -0.2) is 0 Å². The van der Waals surface area contributed by atoms with Gasteiger partial charge in [-0.05, 0) is 13.0 Å². The number of carbonyl (C=O) groups is 1. The normalized spacial score (nSPS) is 10.2. The molecular formula is C12H15ClO5. The Balaban J connectivity index is 3.05. The zero-order chi connectivity index (χ0) is 13.5. The van der Waals surface area contributed by atoms with Crippen molar-refractivity contribution < 1.29 is 23.7 Å². The van der Waals surface area contributed by atoms with E-state index < -0.39 is 0 Å². The molecule has 0 fully saturated rings. The summed E-state index contributed by atoms with van der Waals surface area (Å²) in [5, 5.41) is 0.321. The first-order chi connectivity index (χ1) is 8.60. The molecule has 0 N–H and O–H groups in total. The molecule has 0 aliphatic heterocycles. The number of halogens is 1. The number of ether oxygens (including phenoxy) is 4. The number of Topliss-reactive ketones (excluding diaryl/α,β-unsaturated/α-hetero) is 1. The van der Waals surface area contributed by atoms with Crippen LogP contribution in [-0.2, 0) is 9.47 Å². The van der Waals surface area contributed by atoms with Crippen LogP contribution < -0.4 is 9.47 Å². The van der Waals surface area contributed by atoms with Crippen LogP contribution in [0.5, 0.6) is 11.5 Å². The van der Waals surface area contributed by atoms with E-state index in [9.17, 15) is 4.79 Å². The minimum absolute atomic E-state index is 0.0334. The highest BCUT2D eigenvalue weighted by Crippen LogP contribution is 2.33. The molecule has 0 aliphatic rings. The molecule has 100 valence electrons. The Morgan fingerprint density at radius 3 is 2.17 bits per heavy atom. The van der Waals surface area contributed by atoms with E-state index in [1.54, 1.807) is 0 Å². The third-order valence-electron chi connectivity index (χ3n) is 2.08. The molecule has 0 saturated carbocycles. The average molecular weight is 275 g/mol. The van der Waals surface area contributed by atoms with Crippen molar-refractivity contribution in [2.24, 2.45) is 0 Å². The van der Waals surface area contributed by atoms with Crippen molar-refractivity contribution in [1.29, 1.82) is 0 Å². The molecule has 0 atom stereocenters. The van der Waals surface area contributed by atoms with Crippen LogP contribution in [0.25, 0.3) is 0 Å². The number of benzene rings is 1. The first-order valence-corrected chi connectivity index (χ1v) is 5.56. The summed E-state index contributed by atoms with van der Waals surface area (Å²) in [6, 6.07) is 3.04. The lowest BCUT2D eigenvalue weighted by atomic mass is 10.1. The van der Waals surface area contributed by atoms with Crippen molar-refractivity contribution in [3.8, 4) is 11.5 Å². The SMILES string of the molecule is COCOc1cc(OCOC)c(C(C)=O)cc1Cl. The Kier molecular flexibility index (Phi) is 5.91. The van der Waals surface area contributed by atoms with Gasteiger partial charge in [0.25, 0.3) is 0 Å². The predicted molar refractivity (Wildman–Crippen MR) is 66.5 cm³/mol. The van der Waals surface area contributed by atoms with Crippen LogP contribution in [0.2, 0.25) is 5.02 Å². The molecule has 0 radical (unpaired) electrons. The Labute approximate surface area is 111 Å². The molecule has 18 heavy (non-hydrogen) atoms. The van der Waals surface area contributed by atoms with Gasteiger partial charge in [-0.15, -0.1) is 0 Å². The molecule has 0 aromatic heterocycles. The second kappa shape index (κ2) is 7.20. The van der Waals surface area contributed by atoms with Gasteiger partial charge in [-0.3, -0.25) is 4.79 Å². The number of rotatable bonds is 7. The highest BCUT2D eigenvalue weighted by molar-refractivity contribution is 6.32. The molecule has 0 saturated heterocycles. The van der Waals surface area contributed by atoms with E-state index in [1.165, 1.54) is 33.3 Å². The third-order valence-corrected chi connectivity index (χ3v) is 2.37. The van der Waals surface area contributed by atoms with Gasteiger partial charge in [0.05, 0.1) is 10.6 Å². The third kappa shape index (κ3) is 3.87. The molecule has 0 heterocycles. The fourth-order valence-electron chi connectivity index (χ4n) is 1.28. The molecule has 1 rings (SSSR count). The standard InChI is InChI=1S/C12H15ClO5/c1-8(14)9-4-10(13)12(18-7-16-3)5-11(9)17-6-15-2/h4-5H,6-7H2,1-3H3. The summed E-state index contributed by atoms with van der Waals surface area (Å²) in [5.74, 6) is 0.593. The molecule has 6 heteroatoms. The van der Waals surface area contributed by atoms with E-state index in [1.807, 2.05) is 0 Å². The average Bonchev–Trinajstić information content (AvgIpc) is 2.35. The van der Waals surface area contributed by atoms with Crippen molar-refractivity contribution in [2.75, 3.05) is 27.8 Å². The largest absolute Gasteiger partial charge is 0.467 e. The number of methoxy groups -OCH3 is 2. The topological polar surface area (TPSA) is 54.0 Å². The second-order valence-corrected chi connectivity index (χ2v) is 3.84. The van der Waals surface area contributed by atoms with E-state index in [-0.39, 0.29) is 19.4 Å². The van der Waals surface area contributed by atoms with E-state index in [0.717, 1.165) is 0 Å². The zero-order valence-corrected chi connectivity index (χ0v) is 11.2. The fourth-order valence-corrected chi connectivity index (χ4v) is 1.50. The fraction of sp³-hybridized carbons (Fsp3) is 0.417. The second-order valence-electron chi connectivity index (χ2n) is 3.44. The van der Waals surface area contributed by atoms with Crippen molar-refractivity contribution >= 4 is 17.4 Å². The van der Waals surface area contributed by atoms with E-state index in [0.29, 0.717) is 22.1 Å². The van der Waals surface area contributed by atoms with Crippen LogP contribution in [0.3, 0.4) is 0 Å². The zero-order valence-electron chi connectivity index (χ0n) is 10.5. The summed E-state index contributed by atoms with van der Waals surface area (Å²) in [5.41, 5.74) is 0.377. The number of hydrogen-bond acceptors (Lipinski definition) is 5. The van der Waals surface area contributed by atoms with E-state index in [2.05, 4.69) is 0 Å². The lowest BCUT2D eigenvalue weighted by molar-refractivity contribution is 0.0456. The van der Waals surface area contributed by atoms with Crippen LogP contribution in [0.4, 0.5) is 0 Å². The smallest absolute Gasteiger partial charge is 0.188 e. The van der Waals surface area contributed by atoms with Gasteiger partial charge in [-0.1, -0.05) is 11.6 Å². The van der Waals surface area contributed by atoms with Gasteiger partial charge in [0.1, 0.15) is 11.5 Å². The molecule has 0 aliphatic carbocycles. The molecule has 0 unspecified atom stereocenters. The highest BCUT2D eigenvalue weighted by atomic mass is 35.5. The van der Waals surface area contributed by atoms with Crippen molar-refractivity contribution in [1.82, 2.24) is 0 Å². The molecule has 0 bridgehead atoms. The maximum absolute atomic E-state index is 11.5. The maximum atomic E-state index is 11.5. The van der Waals surface area contributed by atoms with Gasteiger partial charge in [0, 0.05) is 20.3 Å². The summed E-state index contributed by atoms with van der Waals surface area (Å²) in [6.45, 7) is 1.52. The van der Waals surface area contributed by atoms with Crippen LogP contribution in [0.1, 0.15) is 17.3 Å². The van der Waals surface area contributed by atoms with E-state index in [4.69, 9.17) is 30.5 Å². The quantitative estimate of drug-likeness (QED) is 0.565. The van der Waals surface area contributed by atoms with Crippen molar-refractivity contribution in [2.45, 2.75) is 6.92 Å². The number of ketones is 1. The van der Waals surface area contributed by atoms with Crippen LogP contribution >= 0.6 is 11.6 Å². The Morgan fingerprint density at radius 2 is 1.67 bits per heavy atom. The summed E-state index contributed by atoms with van der Waals surface area (Å²) >= 11 is 6.00. The first kappa shape index (κ1) is 14.8. The number of carbonyl (C=O) groups excluding carboxylic acids is 1. The Bertz CT molecular complexity index is 419. The summed E-state index contributed by atoms with van der Waals surface area (Å²) in [7, 11) is 2.99. The van der Waals surface area contributed by atoms with Gasteiger partial charge in [-0.2, -0.15) is 0 Å². The molecule has 5 nitrogen and oxygen atoms in total. The van der Waals surface area contributed by atoms with Crippen molar-refractivity contribution in [3.05, 3.63) is 22.7 Å². The van der Waals surface area contributed by atoms with Crippen LogP contribution in [0.15, 0.2) is 12.1 Å². The molecule has 1 aromatic rings. The summed E-state index contributed by atoms with van der Waals surface area (Å²) in [4.78, 5) is 11.5. The number of hydrogen-bond donors (Lipinski definition) is 0. The molecular weight excluding hydrogens is 260 g/mol. The molecule has 1 aromatic carbocycles. The van der Waals surface area contributed by atoms with Crippen molar-refractivity contribution in [3.63, 3.8) is 0 Å². The van der Waals surface area contributed by atoms with E-state index >= 15 is 0 Å². The molecule has 0 spiro atoms. The lowest BCUT2D eigenvalue weighted by Crippen LogP contribution is -2.06. The minimum atomic E-state index is -0.152. The van der Waals surface area contributed by atoms with Gasteiger partial charge in [0.15, 0.2) is 19.4 Å². The van der Waals surface area contributed by atoms with Crippen LogP contribution in [-0.4, -0.2) is 33.6 Å². The predicted octanol–water partition coefficient (Wildman–Crippen LogP) is 2.51. The maximum Gasteiger partial charge on any atom is 0.188 e. The Morgan fingerprint density at radius 1 is 1.11 bits per heavy atom. The van der Waals surface area contributed by atoms with Crippen LogP contribution in [0, 0.1) is 0 Å². The summed E-state index contributed by atoms with van der Waals surface area (Å²) in [6.07, 6.45) is 0. The first-order valence-electron chi connectivity index (χ1n) is 5.18. The monoisotopic (exact) mass is 274 g/mol.